The SMILES string of the molecule is COc1ccc(Nc2nc(Nc3ccc(C)cc3)nc(Nc3cccc(C)c3)n2)cc1. The second-order valence-corrected chi connectivity index (χ2v) is 7.15. The molecule has 1 aromatic heterocycles. The van der Waals surface area contributed by atoms with Gasteiger partial charge in [0, 0.05) is 17.1 Å². The minimum Gasteiger partial charge on any atom is -0.497 e. The van der Waals surface area contributed by atoms with E-state index in [0.29, 0.717) is 17.8 Å². The third-order valence-electron chi connectivity index (χ3n) is 4.56. The summed E-state index contributed by atoms with van der Waals surface area (Å²) >= 11 is 0. The highest BCUT2D eigenvalue weighted by Crippen LogP contribution is 2.22. The normalized spacial score (nSPS) is 10.4. The van der Waals surface area contributed by atoms with Crippen molar-refractivity contribution in [3.8, 4) is 5.75 Å². The molecule has 1 heterocycles. The Morgan fingerprint density at radius 2 is 1.10 bits per heavy atom. The molecule has 3 aromatic carbocycles. The molecular formula is C24H24N6O. The topological polar surface area (TPSA) is 84.0 Å². The van der Waals surface area contributed by atoms with E-state index in [0.717, 1.165) is 28.4 Å². The highest BCUT2D eigenvalue weighted by atomic mass is 16.5. The van der Waals surface area contributed by atoms with Crippen LogP contribution in [0.2, 0.25) is 0 Å². The van der Waals surface area contributed by atoms with Gasteiger partial charge in [-0.05, 0) is 67.9 Å². The van der Waals surface area contributed by atoms with Crippen molar-refractivity contribution in [2.24, 2.45) is 0 Å². The van der Waals surface area contributed by atoms with Gasteiger partial charge in [-0.15, -0.1) is 0 Å². The Hall–Kier alpha value is -4.13. The molecule has 7 heteroatoms. The summed E-state index contributed by atoms with van der Waals surface area (Å²) in [4.78, 5) is 13.6. The van der Waals surface area contributed by atoms with E-state index < -0.39 is 0 Å². The van der Waals surface area contributed by atoms with Gasteiger partial charge < -0.3 is 20.7 Å². The molecule has 0 saturated heterocycles. The molecule has 0 radical (unpaired) electrons. The third kappa shape index (κ3) is 5.48. The first-order valence-electron chi connectivity index (χ1n) is 9.92. The molecule has 7 nitrogen and oxygen atoms in total. The fourth-order valence-electron chi connectivity index (χ4n) is 2.97. The van der Waals surface area contributed by atoms with Crippen LogP contribution in [0.15, 0.2) is 72.8 Å². The largest absolute Gasteiger partial charge is 0.497 e. The van der Waals surface area contributed by atoms with Crippen molar-refractivity contribution in [1.29, 1.82) is 0 Å². The van der Waals surface area contributed by atoms with Crippen molar-refractivity contribution in [2.45, 2.75) is 13.8 Å². The fourth-order valence-corrected chi connectivity index (χ4v) is 2.97. The molecule has 0 aliphatic carbocycles. The molecule has 3 N–H and O–H groups in total. The molecule has 0 saturated carbocycles. The van der Waals surface area contributed by atoms with E-state index in [4.69, 9.17) is 4.74 Å². The van der Waals surface area contributed by atoms with E-state index in [9.17, 15) is 0 Å². The van der Waals surface area contributed by atoms with Crippen molar-refractivity contribution in [3.05, 3.63) is 83.9 Å². The Balaban J connectivity index is 1.63. The number of nitrogens with zero attached hydrogens (tertiary/aromatic N) is 3. The predicted molar refractivity (Wildman–Crippen MR) is 125 cm³/mol. The van der Waals surface area contributed by atoms with Crippen LogP contribution in [0.1, 0.15) is 11.1 Å². The summed E-state index contributed by atoms with van der Waals surface area (Å²) in [6.45, 7) is 4.09. The molecular weight excluding hydrogens is 388 g/mol. The average Bonchev–Trinajstić information content (AvgIpc) is 2.76. The second-order valence-electron chi connectivity index (χ2n) is 7.15. The van der Waals surface area contributed by atoms with E-state index in [1.165, 1.54) is 5.56 Å². The zero-order chi connectivity index (χ0) is 21.6. The highest BCUT2D eigenvalue weighted by Gasteiger charge is 2.09. The van der Waals surface area contributed by atoms with Gasteiger partial charge in [-0.2, -0.15) is 15.0 Å². The minimum atomic E-state index is 0.421. The van der Waals surface area contributed by atoms with E-state index in [1.54, 1.807) is 7.11 Å². The first-order valence-corrected chi connectivity index (χ1v) is 9.92. The number of aryl methyl sites for hydroxylation is 2. The highest BCUT2D eigenvalue weighted by molar-refractivity contribution is 5.62. The number of rotatable bonds is 7. The van der Waals surface area contributed by atoms with Gasteiger partial charge in [0.1, 0.15) is 5.75 Å². The van der Waals surface area contributed by atoms with Gasteiger partial charge in [-0.1, -0.05) is 29.8 Å². The average molecular weight is 412 g/mol. The quantitative estimate of drug-likeness (QED) is 0.357. The zero-order valence-electron chi connectivity index (χ0n) is 17.7. The van der Waals surface area contributed by atoms with Crippen LogP contribution < -0.4 is 20.7 Å². The van der Waals surface area contributed by atoms with Gasteiger partial charge in [0.05, 0.1) is 7.11 Å². The number of hydrogen-bond donors (Lipinski definition) is 3. The van der Waals surface area contributed by atoms with Gasteiger partial charge in [-0.3, -0.25) is 0 Å². The summed E-state index contributed by atoms with van der Waals surface area (Å²) in [5.74, 6) is 2.07. The van der Waals surface area contributed by atoms with Gasteiger partial charge >= 0.3 is 0 Å². The number of nitrogens with one attached hydrogen (secondary N) is 3. The maximum absolute atomic E-state index is 5.22. The summed E-state index contributed by atoms with van der Waals surface area (Å²) in [6, 6.07) is 23.6. The number of ether oxygens (including phenoxy) is 1. The van der Waals surface area contributed by atoms with Gasteiger partial charge in [0.25, 0.3) is 0 Å². The molecule has 4 rings (SSSR count). The van der Waals surface area contributed by atoms with Crippen molar-refractivity contribution < 1.29 is 4.74 Å². The van der Waals surface area contributed by atoms with E-state index in [-0.39, 0.29) is 0 Å². The van der Waals surface area contributed by atoms with Crippen molar-refractivity contribution in [3.63, 3.8) is 0 Å². The maximum atomic E-state index is 5.22. The van der Waals surface area contributed by atoms with Crippen LogP contribution in [0.5, 0.6) is 5.75 Å². The van der Waals surface area contributed by atoms with Crippen molar-refractivity contribution >= 4 is 34.9 Å². The van der Waals surface area contributed by atoms with Crippen LogP contribution in [-0.4, -0.2) is 22.1 Å². The summed E-state index contributed by atoms with van der Waals surface area (Å²) in [5, 5.41) is 9.74. The lowest BCUT2D eigenvalue weighted by Gasteiger charge is -2.12. The zero-order valence-corrected chi connectivity index (χ0v) is 17.7. The standard InChI is InChI=1S/C24H24N6O/c1-16-7-9-18(10-8-16)25-22-28-23(26-19-11-13-21(31-3)14-12-19)30-24(29-22)27-20-6-4-5-17(2)15-20/h4-15H,1-3H3,(H3,25,26,27,28,29,30). The second kappa shape index (κ2) is 9.13. The Bertz CT molecular complexity index is 1160. The lowest BCUT2D eigenvalue weighted by atomic mass is 10.2. The molecule has 0 bridgehead atoms. The van der Waals surface area contributed by atoms with Crippen LogP contribution in [0.3, 0.4) is 0 Å². The monoisotopic (exact) mass is 412 g/mol. The van der Waals surface area contributed by atoms with Gasteiger partial charge in [-0.25, -0.2) is 0 Å². The molecule has 4 aromatic rings. The van der Waals surface area contributed by atoms with E-state index in [2.05, 4.69) is 30.9 Å². The summed E-state index contributed by atoms with van der Waals surface area (Å²) in [6.07, 6.45) is 0. The smallest absolute Gasteiger partial charge is 0.233 e. The van der Waals surface area contributed by atoms with Crippen molar-refractivity contribution in [1.82, 2.24) is 15.0 Å². The number of benzene rings is 3. The minimum absolute atomic E-state index is 0.421. The Labute approximate surface area is 181 Å². The van der Waals surface area contributed by atoms with E-state index >= 15 is 0 Å². The van der Waals surface area contributed by atoms with E-state index in [1.807, 2.05) is 86.6 Å². The Kier molecular flexibility index (Phi) is 5.93. The molecule has 0 amide bonds. The Morgan fingerprint density at radius 1 is 0.581 bits per heavy atom. The molecule has 0 aliphatic heterocycles. The van der Waals surface area contributed by atoms with Gasteiger partial charge in [0.2, 0.25) is 17.8 Å². The molecule has 0 fully saturated rings. The molecule has 0 spiro atoms. The summed E-state index contributed by atoms with van der Waals surface area (Å²) in [7, 11) is 1.64. The molecule has 31 heavy (non-hydrogen) atoms. The van der Waals surface area contributed by atoms with Crippen molar-refractivity contribution in [2.75, 3.05) is 23.1 Å². The van der Waals surface area contributed by atoms with Crippen LogP contribution in [0, 0.1) is 13.8 Å². The maximum Gasteiger partial charge on any atom is 0.233 e. The van der Waals surface area contributed by atoms with Gasteiger partial charge in [0.15, 0.2) is 0 Å². The number of anilines is 6. The predicted octanol–water partition coefficient (Wildman–Crippen LogP) is 5.73. The first kappa shape index (κ1) is 20.2. The molecule has 0 aliphatic rings. The van der Waals surface area contributed by atoms with Crippen LogP contribution in [-0.2, 0) is 0 Å². The molecule has 156 valence electrons. The number of aromatic nitrogens is 3. The lowest BCUT2D eigenvalue weighted by molar-refractivity contribution is 0.415. The number of hydrogen-bond acceptors (Lipinski definition) is 7. The Morgan fingerprint density at radius 3 is 1.61 bits per heavy atom. The lowest BCUT2D eigenvalue weighted by Crippen LogP contribution is -2.07. The molecule has 0 atom stereocenters. The van der Waals surface area contributed by atoms with Crippen LogP contribution in [0.4, 0.5) is 34.9 Å². The summed E-state index contributed by atoms with van der Waals surface area (Å²) in [5.41, 5.74) is 4.98. The van der Waals surface area contributed by atoms with Crippen LogP contribution >= 0.6 is 0 Å². The fraction of sp³-hybridized carbons (Fsp3) is 0.125. The third-order valence-corrected chi connectivity index (χ3v) is 4.56. The van der Waals surface area contributed by atoms with Crippen LogP contribution in [0.25, 0.3) is 0 Å². The number of methoxy groups -OCH3 is 1. The molecule has 0 unspecified atom stereocenters. The first-order chi connectivity index (χ1) is 15.1. The summed E-state index contributed by atoms with van der Waals surface area (Å²) < 4.78 is 5.22.